The summed E-state index contributed by atoms with van der Waals surface area (Å²) in [5.74, 6) is -0.0395. The fourth-order valence-corrected chi connectivity index (χ4v) is 3.15. The third-order valence-electron chi connectivity index (χ3n) is 4.09. The first-order chi connectivity index (χ1) is 11.8. The van der Waals surface area contributed by atoms with Crippen molar-refractivity contribution >= 4 is 40.5 Å². The minimum atomic E-state index is -0.0395. The topological polar surface area (TPSA) is 20.3 Å². The Bertz CT molecular complexity index is 947. The van der Waals surface area contributed by atoms with Gasteiger partial charge in [0.05, 0.1) is 11.3 Å². The van der Waals surface area contributed by atoms with Crippen LogP contribution < -0.4 is 4.90 Å². The van der Waals surface area contributed by atoms with Crippen LogP contribution in [0.5, 0.6) is 0 Å². The van der Waals surface area contributed by atoms with E-state index in [1.165, 1.54) is 0 Å². The highest BCUT2D eigenvalue weighted by atomic mass is 35.5. The summed E-state index contributed by atoms with van der Waals surface area (Å²) in [4.78, 5) is 14.8. The second kappa shape index (κ2) is 5.99. The molecule has 3 aromatic carbocycles. The molecule has 4 rings (SSSR count). The van der Waals surface area contributed by atoms with Gasteiger partial charge in [-0.3, -0.25) is 9.69 Å². The number of rotatable bonds is 2. The van der Waals surface area contributed by atoms with Crippen molar-refractivity contribution in [2.45, 2.75) is 0 Å². The zero-order valence-corrected chi connectivity index (χ0v) is 13.6. The Morgan fingerprint density at radius 2 is 1.46 bits per heavy atom. The molecule has 1 heterocycles. The van der Waals surface area contributed by atoms with E-state index in [4.69, 9.17) is 11.6 Å². The number of carbonyl (C=O) groups is 1. The molecule has 116 valence electrons. The van der Waals surface area contributed by atoms with Gasteiger partial charge < -0.3 is 0 Å². The molecule has 0 fully saturated rings. The van der Waals surface area contributed by atoms with E-state index in [9.17, 15) is 4.79 Å². The Morgan fingerprint density at radius 3 is 2.25 bits per heavy atom. The van der Waals surface area contributed by atoms with E-state index in [1.807, 2.05) is 84.9 Å². The highest BCUT2D eigenvalue weighted by Crippen LogP contribution is 2.42. The van der Waals surface area contributed by atoms with Crippen molar-refractivity contribution in [2.24, 2.45) is 0 Å². The molecule has 0 N–H and O–H groups in total. The van der Waals surface area contributed by atoms with E-state index >= 15 is 0 Å². The summed E-state index contributed by atoms with van der Waals surface area (Å²) in [5.41, 5.74) is 4.17. The molecule has 0 aromatic heterocycles. The maximum absolute atomic E-state index is 13.1. The van der Waals surface area contributed by atoms with Gasteiger partial charge in [-0.25, -0.2) is 0 Å². The van der Waals surface area contributed by atoms with Crippen LogP contribution in [0.1, 0.15) is 11.1 Å². The van der Waals surface area contributed by atoms with E-state index in [0.717, 1.165) is 22.5 Å². The normalized spacial score (nSPS) is 15.0. The van der Waals surface area contributed by atoms with Crippen LogP contribution in [0, 0.1) is 0 Å². The minimum Gasteiger partial charge on any atom is -0.276 e. The molecule has 0 radical (unpaired) electrons. The van der Waals surface area contributed by atoms with Gasteiger partial charge in [0, 0.05) is 16.3 Å². The number of halogens is 1. The molecule has 1 amide bonds. The van der Waals surface area contributed by atoms with Crippen molar-refractivity contribution in [2.75, 3.05) is 4.90 Å². The van der Waals surface area contributed by atoms with Gasteiger partial charge in [-0.05, 0) is 35.9 Å². The number of hydrogen-bond donors (Lipinski definition) is 0. The largest absolute Gasteiger partial charge is 0.276 e. The van der Waals surface area contributed by atoms with Gasteiger partial charge >= 0.3 is 0 Å². The standard InChI is InChI=1S/C21H14ClNO/c22-19-12-6-4-8-15(19)14-18-17-11-5-7-13-20(17)23(21(18)24)16-9-2-1-3-10-16/h1-14H/b18-14+. The zero-order valence-electron chi connectivity index (χ0n) is 12.8. The van der Waals surface area contributed by atoms with Crippen LogP contribution in [-0.2, 0) is 4.79 Å². The molecule has 0 atom stereocenters. The van der Waals surface area contributed by atoms with Crippen LogP contribution in [0.3, 0.4) is 0 Å². The lowest BCUT2D eigenvalue weighted by atomic mass is 10.0. The lowest BCUT2D eigenvalue weighted by Gasteiger charge is -2.16. The van der Waals surface area contributed by atoms with E-state index in [0.29, 0.717) is 10.6 Å². The van der Waals surface area contributed by atoms with Crippen LogP contribution in [0.4, 0.5) is 11.4 Å². The van der Waals surface area contributed by atoms with Gasteiger partial charge in [-0.2, -0.15) is 0 Å². The SMILES string of the molecule is O=C1/C(=C/c2ccccc2Cl)c2ccccc2N1c1ccccc1. The summed E-state index contributed by atoms with van der Waals surface area (Å²) in [5, 5.41) is 0.633. The highest BCUT2D eigenvalue weighted by Gasteiger charge is 2.33. The highest BCUT2D eigenvalue weighted by molar-refractivity contribution is 6.39. The van der Waals surface area contributed by atoms with E-state index in [-0.39, 0.29) is 5.91 Å². The molecule has 0 spiro atoms. The third kappa shape index (κ3) is 2.41. The average Bonchev–Trinajstić information content (AvgIpc) is 2.90. The first-order valence-electron chi connectivity index (χ1n) is 7.71. The van der Waals surface area contributed by atoms with Crippen LogP contribution in [-0.4, -0.2) is 5.91 Å². The molecule has 0 saturated carbocycles. The summed E-state index contributed by atoms with van der Waals surface area (Å²) in [6.07, 6.45) is 1.87. The summed E-state index contributed by atoms with van der Waals surface area (Å²) < 4.78 is 0. The van der Waals surface area contributed by atoms with Gasteiger partial charge in [0.1, 0.15) is 0 Å². The number of benzene rings is 3. The predicted molar refractivity (Wildman–Crippen MR) is 99.4 cm³/mol. The van der Waals surface area contributed by atoms with E-state index < -0.39 is 0 Å². The monoisotopic (exact) mass is 331 g/mol. The van der Waals surface area contributed by atoms with Gasteiger partial charge in [-0.15, -0.1) is 0 Å². The molecule has 0 aliphatic carbocycles. The van der Waals surface area contributed by atoms with E-state index in [1.54, 1.807) is 4.90 Å². The van der Waals surface area contributed by atoms with Crippen LogP contribution in [0.15, 0.2) is 78.9 Å². The van der Waals surface area contributed by atoms with Crippen LogP contribution in [0.25, 0.3) is 11.6 Å². The number of fused-ring (bicyclic) bond motifs is 1. The molecule has 0 bridgehead atoms. The predicted octanol–water partition coefficient (Wildman–Crippen LogP) is 5.56. The second-order valence-corrected chi connectivity index (χ2v) is 5.98. The maximum atomic E-state index is 13.1. The maximum Gasteiger partial charge on any atom is 0.263 e. The lowest BCUT2D eigenvalue weighted by molar-refractivity contribution is -0.112. The molecule has 1 aliphatic heterocycles. The first-order valence-corrected chi connectivity index (χ1v) is 8.08. The van der Waals surface area contributed by atoms with E-state index in [2.05, 4.69) is 0 Å². The molecule has 3 aromatic rings. The third-order valence-corrected chi connectivity index (χ3v) is 4.43. The van der Waals surface area contributed by atoms with Crippen LogP contribution >= 0.6 is 11.6 Å². The van der Waals surface area contributed by atoms with Gasteiger partial charge in [0.15, 0.2) is 0 Å². The fraction of sp³-hybridized carbons (Fsp3) is 0. The zero-order chi connectivity index (χ0) is 16.5. The molecule has 3 heteroatoms. The molecule has 24 heavy (non-hydrogen) atoms. The van der Waals surface area contributed by atoms with Crippen molar-refractivity contribution in [3.63, 3.8) is 0 Å². The number of para-hydroxylation sites is 2. The van der Waals surface area contributed by atoms with Gasteiger partial charge in [0.25, 0.3) is 5.91 Å². The first kappa shape index (κ1) is 14.7. The minimum absolute atomic E-state index is 0.0395. The average molecular weight is 332 g/mol. The summed E-state index contributed by atoms with van der Waals surface area (Å²) in [6.45, 7) is 0. The Labute approximate surface area is 145 Å². The molecule has 2 nitrogen and oxygen atoms in total. The molecule has 1 aliphatic rings. The molecule has 0 unspecified atom stereocenters. The smallest absolute Gasteiger partial charge is 0.263 e. The second-order valence-electron chi connectivity index (χ2n) is 5.57. The molecular formula is C21H14ClNO. The Kier molecular flexibility index (Phi) is 3.68. The number of nitrogens with zero attached hydrogens (tertiary/aromatic N) is 1. The van der Waals surface area contributed by atoms with Crippen molar-refractivity contribution in [1.82, 2.24) is 0 Å². The number of anilines is 2. The molecular weight excluding hydrogens is 318 g/mol. The lowest BCUT2D eigenvalue weighted by Crippen LogP contribution is -2.20. The van der Waals surface area contributed by atoms with Gasteiger partial charge in [-0.1, -0.05) is 66.2 Å². The quantitative estimate of drug-likeness (QED) is 0.563. The number of amides is 1. The summed E-state index contributed by atoms with van der Waals surface area (Å²) in [6, 6.07) is 25.0. The van der Waals surface area contributed by atoms with Gasteiger partial charge in [0.2, 0.25) is 0 Å². The molecule has 0 saturated heterocycles. The van der Waals surface area contributed by atoms with Crippen molar-refractivity contribution in [3.05, 3.63) is 95.0 Å². The number of carbonyl (C=O) groups excluding carboxylic acids is 1. The summed E-state index contributed by atoms with van der Waals surface area (Å²) in [7, 11) is 0. The Balaban J connectivity index is 1.89. The van der Waals surface area contributed by atoms with Crippen molar-refractivity contribution in [1.29, 1.82) is 0 Å². The van der Waals surface area contributed by atoms with Crippen LogP contribution in [0.2, 0.25) is 5.02 Å². The Hall–Kier alpha value is -2.84. The Morgan fingerprint density at radius 1 is 0.792 bits per heavy atom. The fourth-order valence-electron chi connectivity index (χ4n) is 2.96. The summed E-state index contributed by atoms with van der Waals surface area (Å²) >= 11 is 6.26. The van der Waals surface area contributed by atoms with Crippen molar-refractivity contribution in [3.8, 4) is 0 Å². The number of hydrogen-bond acceptors (Lipinski definition) is 1. The van der Waals surface area contributed by atoms with Crippen molar-refractivity contribution < 1.29 is 4.79 Å².